The summed E-state index contributed by atoms with van der Waals surface area (Å²) in [6, 6.07) is 9.39. The highest BCUT2D eigenvalue weighted by Crippen LogP contribution is 2.33. The number of nitrogens with one attached hydrogen (secondary N) is 1. The van der Waals surface area contributed by atoms with Crippen LogP contribution in [0.5, 0.6) is 0 Å². The number of carbonyl (C=O) groups is 1. The summed E-state index contributed by atoms with van der Waals surface area (Å²) >= 11 is 0. The Morgan fingerprint density at radius 1 is 1.22 bits per heavy atom. The first-order valence-electron chi connectivity index (χ1n) is 7.64. The maximum absolute atomic E-state index is 11.0. The molecule has 7 heteroatoms. The van der Waals surface area contributed by atoms with Gasteiger partial charge >= 0.3 is 0 Å². The Morgan fingerprint density at radius 2 is 1.96 bits per heavy atom. The maximum Gasteiger partial charge on any atom is 0.216 e. The molecule has 0 spiro atoms. The second kappa shape index (κ2) is 6.94. The van der Waals surface area contributed by atoms with Gasteiger partial charge in [0, 0.05) is 19.0 Å². The number of ether oxygens (including phenoxy) is 3. The van der Waals surface area contributed by atoms with E-state index in [9.17, 15) is 15.0 Å². The smallest absolute Gasteiger partial charge is 0.216 e. The van der Waals surface area contributed by atoms with Crippen LogP contribution in [0.2, 0.25) is 0 Å². The zero-order valence-corrected chi connectivity index (χ0v) is 12.8. The van der Waals surface area contributed by atoms with Crippen molar-refractivity contribution in [3.8, 4) is 0 Å². The van der Waals surface area contributed by atoms with Crippen molar-refractivity contribution in [2.75, 3.05) is 13.2 Å². The predicted octanol–water partition coefficient (Wildman–Crippen LogP) is -0.274. The van der Waals surface area contributed by atoms with E-state index in [2.05, 4.69) is 5.32 Å². The fourth-order valence-corrected chi connectivity index (χ4v) is 2.88. The first-order chi connectivity index (χ1) is 11.1. The van der Waals surface area contributed by atoms with Crippen molar-refractivity contribution in [2.24, 2.45) is 0 Å². The molecular weight excluding hydrogens is 302 g/mol. The maximum atomic E-state index is 11.0. The number of carbonyl (C=O) groups excluding carboxylic acids is 1. The third-order valence-electron chi connectivity index (χ3n) is 4.10. The molecule has 0 radical (unpaired) electrons. The zero-order valence-electron chi connectivity index (χ0n) is 12.8. The Hall–Kier alpha value is -1.51. The second-order valence-corrected chi connectivity index (χ2v) is 5.81. The molecule has 1 aromatic carbocycles. The summed E-state index contributed by atoms with van der Waals surface area (Å²) in [5, 5.41) is 23.1. The van der Waals surface area contributed by atoms with Gasteiger partial charge < -0.3 is 29.7 Å². The number of amides is 1. The van der Waals surface area contributed by atoms with E-state index in [-0.39, 0.29) is 19.1 Å². The third-order valence-corrected chi connectivity index (χ3v) is 4.10. The Balaban J connectivity index is 1.67. The van der Waals surface area contributed by atoms with E-state index < -0.39 is 36.8 Å². The van der Waals surface area contributed by atoms with E-state index >= 15 is 0 Å². The van der Waals surface area contributed by atoms with Crippen LogP contribution in [0.4, 0.5) is 0 Å². The predicted molar refractivity (Wildman–Crippen MR) is 79.4 cm³/mol. The van der Waals surface area contributed by atoms with Crippen LogP contribution >= 0.6 is 0 Å². The van der Waals surface area contributed by atoms with Crippen molar-refractivity contribution in [2.45, 2.75) is 43.7 Å². The van der Waals surface area contributed by atoms with Gasteiger partial charge in [0.15, 0.2) is 6.29 Å². The van der Waals surface area contributed by atoms with Crippen LogP contribution in [-0.4, -0.2) is 59.8 Å². The number of aliphatic hydroxyl groups excluding tert-OH is 2. The molecule has 7 nitrogen and oxygen atoms in total. The van der Waals surface area contributed by atoms with E-state index in [0.717, 1.165) is 5.56 Å². The molecule has 1 aromatic rings. The molecule has 3 rings (SSSR count). The van der Waals surface area contributed by atoms with Gasteiger partial charge in [0.05, 0.1) is 6.61 Å². The summed E-state index contributed by atoms with van der Waals surface area (Å²) in [4.78, 5) is 11.0. The van der Waals surface area contributed by atoms with E-state index in [1.165, 1.54) is 6.92 Å². The van der Waals surface area contributed by atoms with Crippen LogP contribution in [0.3, 0.4) is 0 Å². The van der Waals surface area contributed by atoms with E-state index in [1.54, 1.807) is 0 Å². The number of hydrogen-bond donors (Lipinski definition) is 3. The molecule has 0 saturated carbocycles. The van der Waals surface area contributed by atoms with Gasteiger partial charge in [-0.3, -0.25) is 4.79 Å². The molecule has 2 aliphatic heterocycles. The lowest BCUT2D eigenvalue weighted by Gasteiger charge is -2.46. The minimum Gasteiger partial charge on any atom is -0.388 e. The molecule has 0 bridgehead atoms. The summed E-state index contributed by atoms with van der Waals surface area (Å²) in [7, 11) is 0. The minimum absolute atomic E-state index is 0.124. The first-order valence-corrected chi connectivity index (χ1v) is 7.64. The van der Waals surface area contributed by atoms with E-state index in [1.807, 2.05) is 30.3 Å². The van der Waals surface area contributed by atoms with Gasteiger partial charge in [-0.2, -0.15) is 0 Å². The van der Waals surface area contributed by atoms with Crippen LogP contribution in [0, 0.1) is 0 Å². The van der Waals surface area contributed by atoms with E-state index in [0.29, 0.717) is 0 Å². The molecule has 6 atom stereocenters. The topological polar surface area (TPSA) is 97.3 Å². The average molecular weight is 323 g/mol. The second-order valence-electron chi connectivity index (χ2n) is 5.81. The van der Waals surface area contributed by atoms with Gasteiger partial charge in [0.2, 0.25) is 5.91 Å². The molecule has 1 amide bonds. The molecule has 23 heavy (non-hydrogen) atoms. The van der Waals surface area contributed by atoms with Crippen molar-refractivity contribution >= 4 is 5.91 Å². The van der Waals surface area contributed by atoms with Gasteiger partial charge in [-0.25, -0.2) is 0 Å². The van der Waals surface area contributed by atoms with Gasteiger partial charge in [-0.1, -0.05) is 30.3 Å². The van der Waals surface area contributed by atoms with E-state index in [4.69, 9.17) is 14.2 Å². The van der Waals surface area contributed by atoms with Gasteiger partial charge in [0.25, 0.3) is 0 Å². The molecule has 2 fully saturated rings. The molecule has 126 valence electrons. The van der Waals surface area contributed by atoms with Crippen LogP contribution in [0.25, 0.3) is 0 Å². The molecule has 2 saturated heterocycles. The fraction of sp³-hybridized carbons (Fsp3) is 0.562. The minimum atomic E-state index is -1.14. The molecule has 0 aliphatic carbocycles. The lowest BCUT2D eigenvalue weighted by atomic mass is 9.94. The van der Waals surface area contributed by atoms with Crippen molar-refractivity contribution in [1.82, 2.24) is 5.32 Å². The summed E-state index contributed by atoms with van der Waals surface area (Å²) in [5.74, 6) is -0.224. The summed E-state index contributed by atoms with van der Waals surface area (Å²) in [6.45, 7) is 1.75. The van der Waals surface area contributed by atoms with Crippen molar-refractivity contribution in [3.05, 3.63) is 35.9 Å². The third kappa shape index (κ3) is 3.54. The monoisotopic (exact) mass is 323 g/mol. The fourth-order valence-electron chi connectivity index (χ4n) is 2.88. The highest BCUT2D eigenvalue weighted by molar-refractivity contribution is 5.72. The zero-order chi connectivity index (χ0) is 16.4. The number of benzene rings is 1. The van der Waals surface area contributed by atoms with Crippen LogP contribution in [0.15, 0.2) is 30.3 Å². The van der Waals surface area contributed by atoms with Crippen molar-refractivity contribution in [3.63, 3.8) is 0 Å². The molecule has 0 aromatic heterocycles. The number of hydrogen-bond acceptors (Lipinski definition) is 6. The Kier molecular flexibility index (Phi) is 4.93. The standard InChI is InChI=1S/C16H21NO6/c1-9(18)17-7-11-13(19)14(20)15-12(22-11)8-21-16(23-15)10-5-3-2-4-6-10/h2-6,11-16,19-20H,7-8H2,1H3,(H,17,18)/t11-,12+,13+,14+,15+,16?/m0/s1. The lowest BCUT2D eigenvalue weighted by Crippen LogP contribution is -2.63. The van der Waals surface area contributed by atoms with Gasteiger partial charge in [-0.15, -0.1) is 0 Å². The number of rotatable bonds is 3. The van der Waals surface area contributed by atoms with Crippen LogP contribution < -0.4 is 5.32 Å². The van der Waals surface area contributed by atoms with Crippen molar-refractivity contribution in [1.29, 1.82) is 0 Å². The molecule has 3 N–H and O–H groups in total. The van der Waals surface area contributed by atoms with Gasteiger partial charge in [-0.05, 0) is 0 Å². The quantitative estimate of drug-likeness (QED) is 0.708. The lowest BCUT2D eigenvalue weighted by molar-refractivity contribution is -0.327. The Morgan fingerprint density at radius 3 is 2.65 bits per heavy atom. The van der Waals surface area contributed by atoms with Crippen molar-refractivity contribution < 1.29 is 29.2 Å². The average Bonchev–Trinajstić information content (AvgIpc) is 2.57. The molecule has 1 unspecified atom stereocenters. The number of aliphatic hydroxyl groups is 2. The summed E-state index contributed by atoms with van der Waals surface area (Å²) < 4.78 is 17.2. The first kappa shape index (κ1) is 16.4. The van der Waals surface area contributed by atoms with Crippen LogP contribution in [0.1, 0.15) is 18.8 Å². The largest absolute Gasteiger partial charge is 0.388 e. The highest BCUT2D eigenvalue weighted by Gasteiger charge is 2.48. The molecule has 2 aliphatic rings. The van der Waals surface area contributed by atoms with Gasteiger partial charge in [0.1, 0.15) is 30.5 Å². The number of fused-ring (bicyclic) bond motifs is 1. The van der Waals surface area contributed by atoms with Crippen LogP contribution in [-0.2, 0) is 19.0 Å². The molecular formula is C16H21NO6. The normalized spacial score (nSPS) is 37.0. The summed E-state index contributed by atoms with van der Waals surface area (Å²) in [6.07, 6.45) is -4.73. The Labute approximate surface area is 134 Å². The summed E-state index contributed by atoms with van der Waals surface area (Å²) in [5.41, 5.74) is 0.841. The molecule has 2 heterocycles. The highest BCUT2D eigenvalue weighted by atomic mass is 16.7. The Bertz CT molecular complexity index is 537. The SMILES string of the molecule is CC(=O)NC[C@@H]1O[C@@H]2COC(c3ccccc3)O[C@H]2[C@H](O)[C@@H]1O.